The van der Waals surface area contributed by atoms with E-state index in [4.69, 9.17) is 5.73 Å². The molecule has 0 unspecified atom stereocenters. The third-order valence-electron chi connectivity index (χ3n) is 4.58. The molecule has 0 radical (unpaired) electrons. The summed E-state index contributed by atoms with van der Waals surface area (Å²) in [5, 5.41) is 11.9. The van der Waals surface area contributed by atoms with Crippen LogP contribution in [0.4, 0.5) is 5.69 Å². The van der Waals surface area contributed by atoms with E-state index in [1.54, 1.807) is 36.7 Å². The number of nitrogens with one attached hydrogen (secondary N) is 1. The molecule has 0 saturated heterocycles. The number of pyridine rings is 1. The molecule has 3 N–H and O–H groups in total. The molecule has 1 fully saturated rings. The van der Waals surface area contributed by atoms with Gasteiger partial charge in [-0.2, -0.15) is 0 Å². The summed E-state index contributed by atoms with van der Waals surface area (Å²) in [5.74, 6) is 0.114. The highest BCUT2D eigenvalue weighted by Crippen LogP contribution is 2.41. The number of anilines is 1. The summed E-state index contributed by atoms with van der Waals surface area (Å²) in [6, 6.07) is 10.7. The number of hydrogen-bond acceptors (Lipinski definition) is 6. The van der Waals surface area contributed by atoms with E-state index in [-0.39, 0.29) is 11.2 Å². The number of aromatic nitrogens is 4. The van der Waals surface area contributed by atoms with Crippen LogP contribution in [0.2, 0.25) is 0 Å². The quantitative estimate of drug-likeness (QED) is 0.581. The van der Waals surface area contributed by atoms with E-state index in [0.717, 1.165) is 29.4 Å². The van der Waals surface area contributed by atoms with Crippen molar-refractivity contribution in [2.45, 2.75) is 36.2 Å². The molecule has 9 heteroatoms. The molecule has 0 bridgehead atoms. The number of benzene rings is 1. The lowest BCUT2D eigenvalue weighted by atomic mass is 10.2. The first kappa shape index (κ1) is 19.1. The van der Waals surface area contributed by atoms with Gasteiger partial charge in [0.05, 0.1) is 5.25 Å². The molecular formula is C20H20N6O2S. The third kappa shape index (κ3) is 4.29. The lowest BCUT2D eigenvalue weighted by Gasteiger charge is -2.13. The molecule has 2 amide bonds. The Kier molecular flexibility index (Phi) is 5.30. The minimum absolute atomic E-state index is 0.157. The maximum atomic E-state index is 12.6. The van der Waals surface area contributed by atoms with Crippen molar-refractivity contribution in [3.63, 3.8) is 0 Å². The van der Waals surface area contributed by atoms with Crippen LogP contribution in [-0.4, -0.2) is 36.8 Å². The normalized spacial score (nSPS) is 14.4. The third-order valence-corrected chi connectivity index (χ3v) is 5.64. The highest BCUT2D eigenvalue weighted by molar-refractivity contribution is 8.00. The van der Waals surface area contributed by atoms with Gasteiger partial charge in [0.1, 0.15) is 0 Å². The number of primary amides is 1. The highest BCUT2D eigenvalue weighted by atomic mass is 32.2. The molecule has 0 spiro atoms. The van der Waals surface area contributed by atoms with E-state index in [1.165, 1.54) is 11.8 Å². The molecule has 4 rings (SSSR count). The van der Waals surface area contributed by atoms with Gasteiger partial charge in [0.25, 0.3) is 0 Å². The van der Waals surface area contributed by atoms with Gasteiger partial charge in [-0.05, 0) is 56.2 Å². The molecule has 1 aliphatic carbocycles. The van der Waals surface area contributed by atoms with Crippen LogP contribution >= 0.6 is 11.8 Å². The second-order valence-electron chi connectivity index (χ2n) is 6.84. The average Bonchev–Trinajstić information content (AvgIpc) is 3.49. The summed E-state index contributed by atoms with van der Waals surface area (Å²) in [7, 11) is 0. The Balaban J connectivity index is 1.48. The van der Waals surface area contributed by atoms with Crippen molar-refractivity contribution in [1.82, 2.24) is 19.7 Å². The molecule has 1 aliphatic rings. The zero-order valence-electron chi connectivity index (χ0n) is 15.8. The fourth-order valence-electron chi connectivity index (χ4n) is 2.88. The monoisotopic (exact) mass is 408 g/mol. The molecule has 148 valence electrons. The number of nitrogens with zero attached hydrogens (tertiary/aromatic N) is 4. The van der Waals surface area contributed by atoms with E-state index >= 15 is 0 Å². The van der Waals surface area contributed by atoms with Crippen molar-refractivity contribution in [2.24, 2.45) is 5.73 Å². The Morgan fingerprint density at radius 3 is 2.59 bits per heavy atom. The maximum absolute atomic E-state index is 12.6. The van der Waals surface area contributed by atoms with Crippen molar-refractivity contribution < 1.29 is 9.59 Å². The maximum Gasteiger partial charge on any atom is 0.248 e. The number of carbonyl (C=O) groups excluding carboxylic acids is 2. The summed E-state index contributed by atoms with van der Waals surface area (Å²) in [5.41, 5.74) is 7.14. The van der Waals surface area contributed by atoms with Crippen molar-refractivity contribution in [1.29, 1.82) is 0 Å². The van der Waals surface area contributed by atoms with Crippen molar-refractivity contribution in [3.8, 4) is 11.4 Å². The van der Waals surface area contributed by atoms with Crippen molar-refractivity contribution in [3.05, 3.63) is 54.4 Å². The van der Waals surface area contributed by atoms with Crippen LogP contribution in [0.5, 0.6) is 0 Å². The Hall–Kier alpha value is -3.20. The minimum atomic E-state index is -0.504. The molecule has 0 aliphatic heterocycles. The first-order valence-corrected chi connectivity index (χ1v) is 10.1. The topological polar surface area (TPSA) is 116 Å². The summed E-state index contributed by atoms with van der Waals surface area (Å²) >= 11 is 1.37. The lowest BCUT2D eigenvalue weighted by Crippen LogP contribution is -2.23. The van der Waals surface area contributed by atoms with Gasteiger partial charge in [0.15, 0.2) is 11.0 Å². The number of carbonyl (C=O) groups is 2. The molecule has 29 heavy (non-hydrogen) atoms. The summed E-state index contributed by atoms with van der Waals surface area (Å²) in [6.45, 7) is 1.83. The zero-order chi connectivity index (χ0) is 20.4. The molecule has 1 saturated carbocycles. The number of thioether (sulfide) groups is 1. The first-order chi connectivity index (χ1) is 14.0. The smallest absolute Gasteiger partial charge is 0.248 e. The first-order valence-electron chi connectivity index (χ1n) is 9.25. The fourth-order valence-corrected chi connectivity index (χ4v) is 3.80. The van der Waals surface area contributed by atoms with Gasteiger partial charge in [-0.1, -0.05) is 11.8 Å². The highest BCUT2D eigenvalue weighted by Gasteiger charge is 2.31. The second kappa shape index (κ2) is 8.04. The number of amides is 2. The second-order valence-corrected chi connectivity index (χ2v) is 8.15. The molecule has 8 nitrogen and oxygen atoms in total. The molecule has 2 aromatic heterocycles. The number of hydrogen-bond donors (Lipinski definition) is 2. The lowest BCUT2D eigenvalue weighted by molar-refractivity contribution is -0.115. The number of rotatable bonds is 7. The van der Waals surface area contributed by atoms with Gasteiger partial charge in [0.2, 0.25) is 11.8 Å². The predicted molar refractivity (Wildman–Crippen MR) is 110 cm³/mol. The minimum Gasteiger partial charge on any atom is -0.366 e. The zero-order valence-corrected chi connectivity index (χ0v) is 16.6. The molecule has 1 aromatic carbocycles. The Labute approximate surface area is 171 Å². The standard InChI is InChI=1S/C20H20N6O2S/c1-12(19(28)23-15-6-4-13(5-7-15)17(21)27)29-20-25-24-18(26(20)16-8-9-16)14-3-2-10-22-11-14/h2-7,10-12,16H,8-9H2,1H3,(H2,21,27)(H,23,28)/t12-/m1/s1. The van der Waals surface area contributed by atoms with Gasteiger partial charge in [0, 0.05) is 35.2 Å². The van der Waals surface area contributed by atoms with Gasteiger partial charge in [-0.25, -0.2) is 0 Å². The Morgan fingerprint density at radius 1 is 1.21 bits per heavy atom. The largest absolute Gasteiger partial charge is 0.366 e. The van der Waals surface area contributed by atoms with E-state index in [2.05, 4.69) is 25.1 Å². The van der Waals surface area contributed by atoms with Crippen LogP contribution in [0.25, 0.3) is 11.4 Å². The van der Waals surface area contributed by atoms with Crippen molar-refractivity contribution >= 4 is 29.3 Å². The molecule has 2 heterocycles. The molecule has 3 aromatic rings. The molecular weight excluding hydrogens is 388 g/mol. The van der Waals surface area contributed by atoms with Crippen LogP contribution in [0.1, 0.15) is 36.2 Å². The van der Waals surface area contributed by atoms with E-state index in [9.17, 15) is 9.59 Å². The van der Waals surface area contributed by atoms with Gasteiger partial charge in [-0.15, -0.1) is 10.2 Å². The van der Waals surface area contributed by atoms with Crippen LogP contribution in [0.3, 0.4) is 0 Å². The van der Waals surface area contributed by atoms with E-state index in [1.807, 2.05) is 19.1 Å². The fraction of sp³-hybridized carbons (Fsp3) is 0.250. The molecule has 1 atom stereocenters. The van der Waals surface area contributed by atoms with Crippen LogP contribution in [0.15, 0.2) is 53.9 Å². The van der Waals surface area contributed by atoms with Crippen LogP contribution in [-0.2, 0) is 4.79 Å². The SMILES string of the molecule is C[C@@H](Sc1nnc(-c2cccnc2)n1C1CC1)C(=O)Nc1ccc(C(N)=O)cc1. The van der Waals surface area contributed by atoms with E-state index in [0.29, 0.717) is 17.3 Å². The van der Waals surface area contributed by atoms with Crippen LogP contribution < -0.4 is 11.1 Å². The van der Waals surface area contributed by atoms with Gasteiger partial charge in [-0.3, -0.25) is 19.1 Å². The van der Waals surface area contributed by atoms with Crippen LogP contribution in [0, 0.1) is 0 Å². The average molecular weight is 408 g/mol. The predicted octanol–water partition coefficient (Wildman–Crippen LogP) is 2.89. The van der Waals surface area contributed by atoms with Gasteiger partial charge >= 0.3 is 0 Å². The van der Waals surface area contributed by atoms with Gasteiger partial charge < -0.3 is 11.1 Å². The summed E-state index contributed by atoms with van der Waals surface area (Å²) in [6.07, 6.45) is 5.64. The summed E-state index contributed by atoms with van der Waals surface area (Å²) in [4.78, 5) is 27.9. The summed E-state index contributed by atoms with van der Waals surface area (Å²) < 4.78 is 2.10. The Bertz CT molecular complexity index is 1030. The Morgan fingerprint density at radius 2 is 1.97 bits per heavy atom. The number of nitrogens with two attached hydrogens (primary N) is 1. The van der Waals surface area contributed by atoms with Crippen molar-refractivity contribution in [2.75, 3.05) is 5.32 Å². The van der Waals surface area contributed by atoms with E-state index < -0.39 is 5.91 Å².